The smallest absolute Gasteiger partial charge is 0.252 e. The number of hydrogen-bond donors (Lipinski definition) is 0. The maximum atomic E-state index is 3.98. The lowest BCUT2D eigenvalue weighted by Crippen LogP contribution is -2.29. The van der Waals surface area contributed by atoms with Crippen LogP contribution in [0.1, 0.15) is 11.6 Å². The number of nitrogens with zero attached hydrogens (tertiary/aromatic N) is 4. The van der Waals surface area contributed by atoms with E-state index in [0.29, 0.717) is 0 Å². The van der Waals surface area contributed by atoms with Crippen LogP contribution >= 0.6 is 0 Å². The van der Waals surface area contributed by atoms with Gasteiger partial charge in [-0.1, -0.05) is 0 Å². The molecule has 0 aromatic carbocycles. The van der Waals surface area contributed by atoms with Gasteiger partial charge in [-0.15, -0.1) is 0 Å². The van der Waals surface area contributed by atoms with Crippen LogP contribution in [0.2, 0.25) is 0 Å². The maximum Gasteiger partial charge on any atom is 0.252 e. The lowest BCUT2D eigenvalue weighted by Gasteiger charge is -1.87. The minimum Gasteiger partial charge on any atom is -0.338 e. The Kier molecular flexibility index (Phi) is 3.66. The summed E-state index contributed by atoms with van der Waals surface area (Å²) in [5.41, 5.74) is 0. The van der Waals surface area contributed by atoms with Gasteiger partial charge in [-0.3, -0.25) is 0 Å². The molecule has 0 N–H and O–H groups in total. The highest BCUT2D eigenvalue weighted by molar-refractivity contribution is 4.85. The Balaban J connectivity index is 0.000000151. The molecule has 0 atom stereocenters. The van der Waals surface area contributed by atoms with Crippen molar-refractivity contribution in [2.24, 2.45) is 21.1 Å². The van der Waals surface area contributed by atoms with E-state index in [2.05, 4.69) is 21.0 Å². The average Bonchev–Trinajstić information content (AvgIpc) is 2.70. The van der Waals surface area contributed by atoms with E-state index < -0.39 is 0 Å². The van der Waals surface area contributed by atoms with E-state index in [-0.39, 0.29) is 0 Å². The van der Waals surface area contributed by atoms with E-state index in [1.165, 1.54) is 5.82 Å². The molecular formula is C11H19N4+. The zero-order chi connectivity index (χ0) is 11.4. The Hall–Kier alpha value is -1.58. The summed E-state index contributed by atoms with van der Waals surface area (Å²) < 4.78 is 6.14. The number of rotatable bonds is 0. The van der Waals surface area contributed by atoms with Gasteiger partial charge >= 0.3 is 0 Å². The van der Waals surface area contributed by atoms with Crippen molar-refractivity contribution in [1.82, 2.24) is 14.1 Å². The summed E-state index contributed by atoms with van der Waals surface area (Å²) in [6.45, 7) is 4.06. The molecule has 0 saturated carbocycles. The first-order valence-corrected chi connectivity index (χ1v) is 4.94. The first-order chi connectivity index (χ1) is 7.02. The van der Waals surface area contributed by atoms with E-state index >= 15 is 0 Å². The van der Waals surface area contributed by atoms with Gasteiger partial charge in [-0.25, -0.2) is 14.1 Å². The van der Waals surface area contributed by atoms with Gasteiger partial charge in [0.25, 0.3) is 5.82 Å². The van der Waals surface area contributed by atoms with Crippen LogP contribution in [-0.4, -0.2) is 14.1 Å². The second-order valence-electron chi connectivity index (χ2n) is 3.65. The van der Waals surface area contributed by atoms with Gasteiger partial charge in [0.1, 0.15) is 18.2 Å². The van der Waals surface area contributed by atoms with Crippen LogP contribution in [0.25, 0.3) is 0 Å². The Morgan fingerprint density at radius 1 is 1.13 bits per heavy atom. The van der Waals surface area contributed by atoms with E-state index in [1.807, 2.05) is 51.2 Å². The van der Waals surface area contributed by atoms with E-state index in [9.17, 15) is 0 Å². The van der Waals surface area contributed by atoms with Crippen LogP contribution in [-0.2, 0) is 21.1 Å². The van der Waals surface area contributed by atoms with Gasteiger partial charge in [0.15, 0.2) is 0 Å². The SMILES string of the molecule is Cc1n(C)cc[n+]1C.Cc1nccn1C. The van der Waals surface area contributed by atoms with Crippen LogP contribution in [0.15, 0.2) is 24.8 Å². The van der Waals surface area contributed by atoms with E-state index in [1.54, 1.807) is 6.20 Å². The quantitative estimate of drug-likeness (QED) is 0.589. The number of aromatic nitrogens is 4. The van der Waals surface area contributed by atoms with Crippen molar-refractivity contribution in [3.63, 3.8) is 0 Å². The zero-order valence-electron chi connectivity index (χ0n) is 10.1. The molecule has 0 radical (unpaired) electrons. The maximum absolute atomic E-state index is 3.98. The molecule has 0 bridgehead atoms. The third-order valence-corrected chi connectivity index (χ3v) is 2.60. The topological polar surface area (TPSA) is 26.6 Å². The monoisotopic (exact) mass is 207 g/mol. The molecule has 0 amide bonds. The molecule has 4 nitrogen and oxygen atoms in total. The van der Waals surface area contributed by atoms with Crippen molar-refractivity contribution in [2.75, 3.05) is 0 Å². The van der Waals surface area contributed by atoms with Gasteiger partial charge < -0.3 is 4.57 Å². The summed E-state index contributed by atoms with van der Waals surface area (Å²) in [6.07, 6.45) is 7.79. The highest BCUT2D eigenvalue weighted by Gasteiger charge is 2.00. The third kappa shape index (κ3) is 2.94. The second kappa shape index (κ2) is 4.77. The van der Waals surface area contributed by atoms with Gasteiger partial charge in [0.2, 0.25) is 0 Å². The molecule has 82 valence electrons. The molecule has 2 rings (SSSR count). The van der Waals surface area contributed by atoms with Crippen molar-refractivity contribution < 1.29 is 4.57 Å². The Morgan fingerprint density at radius 2 is 1.80 bits per heavy atom. The summed E-state index contributed by atoms with van der Waals surface area (Å²) >= 11 is 0. The van der Waals surface area contributed by atoms with E-state index in [4.69, 9.17) is 0 Å². The Morgan fingerprint density at radius 3 is 1.93 bits per heavy atom. The van der Waals surface area contributed by atoms with Gasteiger partial charge in [0.05, 0.1) is 14.1 Å². The van der Waals surface area contributed by atoms with Crippen LogP contribution in [0.3, 0.4) is 0 Å². The fourth-order valence-electron chi connectivity index (χ4n) is 1.10. The van der Waals surface area contributed by atoms with Crippen molar-refractivity contribution in [1.29, 1.82) is 0 Å². The molecule has 0 unspecified atom stereocenters. The van der Waals surface area contributed by atoms with Crippen LogP contribution < -0.4 is 4.57 Å². The standard InChI is InChI=1S/C6H11N2.C5H8N2/c1-6-7(2)4-5-8(6)3;1-5-6-3-4-7(5)2/h4-5H,1-3H3;3-4H,1-2H3/q+1;. The predicted octanol–water partition coefficient (Wildman–Crippen LogP) is 0.887. The van der Waals surface area contributed by atoms with Crippen LogP contribution in [0, 0.1) is 13.8 Å². The molecule has 2 aromatic rings. The Bertz CT molecular complexity index is 389. The minimum absolute atomic E-state index is 1.06. The molecule has 0 saturated heterocycles. The first-order valence-electron chi connectivity index (χ1n) is 4.94. The van der Waals surface area contributed by atoms with Crippen LogP contribution in [0.4, 0.5) is 0 Å². The predicted molar refractivity (Wildman–Crippen MR) is 59.3 cm³/mol. The molecule has 0 aliphatic rings. The lowest BCUT2D eigenvalue weighted by molar-refractivity contribution is -0.677. The van der Waals surface area contributed by atoms with Gasteiger partial charge in [-0.2, -0.15) is 0 Å². The summed E-state index contributed by atoms with van der Waals surface area (Å²) in [4.78, 5) is 3.98. The molecule has 2 aromatic heterocycles. The van der Waals surface area contributed by atoms with Crippen molar-refractivity contribution in [3.8, 4) is 0 Å². The fraction of sp³-hybridized carbons (Fsp3) is 0.455. The van der Waals surface area contributed by atoms with Crippen molar-refractivity contribution in [2.45, 2.75) is 13.8 Å². The average molecular weight is 207 g/mol. The molecule has 4 heteroatoms. The zero-order valence-corrected chi connectivity index (χ0v) is 10.1. The molecule has 0 spiro atoms. The second-order valence-corrected chi connectivity index (χ2v) is 3.65. The van der Waals surface area contributed by atoms with Gasteiger partial charge in [-0.05, 0) is 6.92 Å². The van der Waals surface area contributed by atoms with Crippen molar-refractivity contribution >= 4 is 0 Å². The molecule has 15 heavy (non-hydrogen) atoms. The summed E-state index contributed by atoms with van der Waals surface area (Å²) in [5.74, 6) is 2.32. The summed E-state index contributed by atoms with van der Waals surface area (Å²) in [6, 6.07) is 0. The molecule has 0 aliphatic heterocycles. The highest BCUT2D eigenvalue weighted by Crippen LogP contribution is 1.87. The minimum atomic E-state index is 1.06. The molecular weight excluding hydrogens is 188 g/mol. The Labute approximate surface area is 90.8 Å². The first kappa shape index (κ1) is 11.5. The summed E-state index contributed by atoms with van der Waals surface area (Å²) in [5, 5.41) is 0. The normalized spacial score (nSPS) is 9.67. The van der Waals surface area contributed by atoms with Gasteiger partial charge in [0, 0.05) is 26.4 Å². The molecule has 0 aliphatic carbocycles. The molecule has 2 heterocycles. The third-order valence-electron chi connectivity index (χ3n) is 2.60. The summed E-state index contributed by atoms with van der Waals surface area (Å²) in [7, 11) is 6.05. The highest BCUT2D eigenvalue weighted by atomic mass is 15.1. The number of hydrogen-bond acceptors (Lipinski definition) is 1. The molecule has 0 fully saturated rings. The lowest BCUT2D eigenvalue weighted by atomic mass is 10.7. The van der Waals surface area contributed by atoms with Crippen LogP contribution in [0.5, 0.6) is 0 Å². The van der Waals surface area contributed by atoms with Crippen molar-refractivity contribution in [3.05, 3.63) is 36.4 Å². The fourth-order valence-corrected chi connectivity index (χ4v) is 1.10. The largest absolute Gasteiger partial charge is 0.338 e. The van der Waals surface area contributed by atoms with E-state index in [0.717, 1.165) is 5.82 Å². The number of aryl methyl sites for hydroxylation is 4. The number of imidazole rings is 2.